The molecule has 1 N–H and O–H groups in total. The number of aliphatic hydroxyl groups is 1. The minimum absolute atomic E-state index is 0.435. The van der Waals surface area contributed by atoms with Gasteiger partial charge >= 0.3 is 0 Å². The highest BCUT2D eigenvalue weighted by atomic mass is 32.1. The lowest BCUT2D eigenvalue weighted by molar-refractivity contribution is 0.199. The third-order valence-corrected chi connectivity index (χ3v) is 2.98. The molecule has 1 unspecified atom stereocenters. The van der Waals surface area contributed by atoms with Crippen LogP contribution >= 0.6 is 11.3 Å². The average molecular weight is 235 g/mol. The topological polar surface area (TPSA) is 42.4 Å². The Labute approximate surface area is 98.4 Å². The number of hydrogen-bond donors (Lipinski definition) is 1. The Balaban J connectivity index is 1.95. The van der Waals surface area contributed by atoms with Crippen molar-refractivity contribution < 1.29 is 9.84 Å². The fraction of sp³-hybridized carbons (Fsp3) is 0.250. The maximum Gasteiger partial charge on any atom is 0.124 e. The summed E-state index contributed by atoms with van der Waals surface area (Å²) >= 11 is 1.57. The normalized spacial score (nSPS) is 12.4. The summed E-state index contributed by atoms with van der Waals surface area (Å²) in [6, 6.07) is 7.46. The van der Waals surface area contributed by atoms with Crippen molar-refractivity contribution in [2.24, 2.45) is 0 Å². The fourth-order valence-electron chi connectivity index (χ4n) is 1.31. The maximum atomic E-state index is 9.35. The molecular formula is C12H13NO2S. The van der Waals surface area contributed by atoms with Crippen LogP contribution < -0.4 is 4.74 Å². The SMILES string of the molecule is CC(O)c1ccc(OCc2cncs2)cc1. The summed E-state index contributed by atoms with van der Waals surface area (Å²) in [6.07, 6.45) is 1.37. The molecular weight excluding hydrogens is 222 g/mol. The van der Waals surface area contributed by atoms with E-state index in [-0.39, 0.29) is 0 Å². The molecule has 0 aliphatic rings. The van der Waals surface area contributed by atoms with Crippen molar-refractivity contribution in [2.75, 3.05) is 0 Å². The number of nitrogens with zero attached hydrogens (tertiary/aromatic N) is 1. The van der Waals surface area contributed by atoms with Crippen molar-refractivity contribution >= 4 is 11.3 Å². The highest BCUT2D eigenvalue weighted by Gasteiger charge is 2.01. The highest BCUT2D eigenvalue weighted by molar-refractivity contribution is 7.09. The van der Waals surface area contributed by atoms with Crippen LogP contribution in [0.15, 0.2) is 36.0 Å². The summed E-state index contributed by atoms with van der Waals surface area (Å²) in [5.74, 6) is 0.804. The van der Waals surface area contributed by atoms with E-state index >= 15 is 0 Å². The smallest absolute Gasteiger partial charge is 0.124 e. The number of hydrogen-bond acceptors (Lipinski definition) is 4. The van der Waals surface area contributed by atoms with Crippen LogP contribution in [0.4, 0.5) is 0 Å². The summed E-state index contributed by atoms with van der Waals surface area (Å²) in [6.45, 7) is 2.28. The van der Waals surface area contributed by atoms with Gasteiger partial charge in [0.25, 0.3) is 0 Å². The monoisotopic (exact) mass is 235 g/mol. The highest BCUT2D eigenvalue weighted by Crippen LogP contribution is 2.18. The van der Waals surface area contributed by atoms with Crippen LogP contribution in [-0.4, -0.2) is 10.1 Å². The molecule has 0 radical (unpaired) electrons. The summed E-state index contributed by atoms with van der Waals surface area (Å²) in [5, 5.41) is 9.35. The van der Waals surface area contributed by atoms with E-state index in [2.05, 4.69) is 4.98 Å². The van der Waals surface area contributed by atoms with E-state index < -0.39 is 6.10 Å². The molecule has 0 amide bonds. The fourth-order valence-corrected chi connectivity index (χ4v) is 1.82. The van der Waals surface area contributed by atoms with E-state index in [9.17, 15) is 5.11 Å². The molecule has 0 saturated carbocycles. The lowest BCUT2D eigenvalue weighted by Crippen LogP contribution is -1.94. The molecule has 84 valence electrons. The molecule has 0 spiro atoms. The Morgan fingerprint density at radius 3 is 2.69 bits per heavy atom. The van der Waals surface area contributed by atoms with Gasteiger partial charge in [0.2, 0.25) is 0 Å². The first-order valence-electron chi connectivity index (χ1n) is 5.04. The summed E-state index contributed by atoms with van der Waals surface area (Å²) < 4.78 is 5.57. The van der Waals surface area contributed by atoms with Crippen LogP contribution in [-0.2, 0) is 6.61 Å². The Bertz CT molecular complexity index is 423. The van der Waals surface area contributed by atoms with Crippen molar-refractivity contribution in [3.05, 3.63) is 46.4 Å². The van der Waals surface area contributed by atoms with E-state index in [0.717, 1.165) is 16.2 Å². The number of benzene rings is 1. The molecule has 1 aromatic carbocycles. The number of thiazole rings is 1. The van der Waals surface area contributed by atoms with Gasteiger partial charge in [-0.05, 0) is 24.6 Å². The Hall–Kier alpha value is -1.39. The first kappa shape index (κ1) is 11.1. The zero-order chi connectivity index (χ0) is 11.4. The summed E-state index contributed by atoms with van der Waals surface area (Å²) in [7, 11) is 0. The third-order valence-electron chi connectivity index (χ3n) is 2.23. The molecule has 2 aromatic rings. The summed E-state index contributed by atoms with van der Waals surface area (Å²) in [5.41, 5.74) is 2.68. The van der Waals surface area contributed by atoms with Gasteiger partial charge in [0.15, 0.2) is 0 Å². The molecule has 1 atom stereocenters. The minimum atomic E-state index is -0.435. The Morgan fingerprint density at radius 2 is 2.12 bits per heavy atom. The second kappa shape index (κ2) is 5.09. The quantitative estimate of drug-likeness (QED) is 0.886. The van der Waals surface area contributed by atoms with E-state index in [1.54, 1.807) is 30.0 Å². The van der Waals surface area contributed by atoms with Crippen molar-refractivity contribution in [3.63, 3.8) is 0 Å². The molecule has 4 heteroatoms. The van der Waals surface area contributed by atoms with Crippen molar-refractivity contribution in [3.8, 4) is 5.75 Å². The van der Waals surface area contributed by atoms with Crippen LogP contribution in [0.3, 0.4) is 0 Å². The van der Waals surface area contributed by atoms with Crippen LogP contribution in [0.1, 0.15) is 23.5 Å². The van der Waals surface area contributed by atoms with Gasteiger partial charge in [-0.3, -0.25) is 4.98 Å². The second-order valence-electron chi connectivity index (χ2n) is 3.50. The van der Waals surface area contributed by atoms with E-state index in [0.29, 0.717) is 6.61 Å². The van der Waals surface area contributed by atoms with Gasteiger partial charge in [-0.25, -0.2) is 0 Å². The molecule has 0 saturated heterocycles. The van der Waals surface area contributed by atoms with Crippen molar-refractivity contribution in [2.45, 2.75) is 19.6 Å². The van der Waals surface area contributed by atoms with Gasteiger partial charge in [0.1, 0.15) is 12.4 Å². The minimum Gasteiger partial charge on any atom is -0.488 e. The predicted octanol–water partition coefficient (Wildman–Crippen LogP) is 2.78. The zero-order valence-corrected chi connectivity index (χ0v) is 9.78. The van der Waals surface area contributed by atoms with Gasteiger partial charge in [0, 0.05) is 6.20 Å². The largest absolute Gasteiger partial charge is 0.488 e. The van der Waals surface area contributed by atoms with Gasteiger partial charge in [-0.15, -0.1) is 11.3 Å². The zero-order valence-electron chi connectivity index (χ0n) is 8.96. The first-order valence-corrected chi connectivity index (χ1v) is 5.92. The lowest BCUT2D eigenvalue weighted by Gasteiger charge is -2.07. The first-order chi connectivity index (χ1) is 7.75. The molecule has 1 aromatic heterocycles. The van der Waals surface area contributed by atoms with Gasteiger partial charge < -0.3 is 9.84 Å². The second-order valence-corrected chi connectivity index (χ2v) is 4.47. The summed E-state index contributed by atoms with van der Waals surface area (Å²) in [4.78, 5) is 5.07. The molecule has 1 heterocycles. The van der Waals surface area contributed by atoms with E-state index in [4.69, 9.17) is 4.74 Å². The standard InChI is InChI=1S/C12H13NO2S/c1-9(14)10-2-4-11(5-3-10)15-7-12-6-13-8-16-12/h2-6,8-9,14H,7H2,1H3. The van der Waals surface area contributed by atoms with E-state index in [1.165, 1.54) is 0 Å². The van der Waals surface area contributed by atoms with E-state index in [1.807, 2.05) is 24.3 Å². The lowest BCUT2D eigenvalue weighted by atomic mass is 10.1. The molecule has 3 nitrogen and oxygen atoms in total. The Kier molecular flexibility index (Phi) is 3.54. The maximum absolute atomic E-state index is 9.35. The van der Waals surface area contributed by atoms with Crippen LogP contribution in [0.25, 0.3) is 0 Å². The molecule has 16 heavy (non-hydrogen) atoms. The van der Waals surface area contributed by atoms with Crippen molar-refractivity contribution in [1.82, 2.24) is 4.98 Å². The predicted molar refractivity (Wildman–Crippen MR) is 63.5 cm³/mol. The average Bonchev–Trinajstić information content (AvgIpc) is 2.80. The molecule has 0 aliphatic carbocycles. The van der Waals surface area contributed by atoms with Gasteiger partial charge in [-0.2, -0.15) is 0 Å². The van der Waals surface area contributed by atoms with Crippen LogP contribution in [0.2, 0.25) is 0 Å². The Morgan fingerprint density at radius 1 is 1.38 bits per heavy atom. The molecule has 2 rings (SSSR count). The number of rotatable bonds is 4. The molecule has 0 bridgehead atoms. The molecule has 0 aliphatic heterocycles. The third kappa shape index (κ3) is 2.81. The molecule has 0 fully saturated rings. The van der Waals surface area contributed by atoms with Gasteiger partial charge in [0.05, 0.1) is 16.5 Å². The van der Waals surface area contributed by atoms with Crippen molar-refractivity contribution in [1.29, 1.82) is 0 Å². The number of ether oxygens (including phenoxy) is 1. The van der Waals surface area contributed by atoms with Gasteiger partial charge in [-0.1, -0.05) is 12.1 Å². The number of aromatic nitrogens is 1. The van der Waals surface area contributed by atoms with Crippen LogP contribution in [0.5, 0.6) is 5.75 Å². The van der Waals surface area contributed by atoms with Crippen LogP contribution in [0, 0.1) is 0 Å². The number of aliphatic hydroxyl groups excluding tert-OH is 1.